The maximum atomic E-state index is 12.4. The van der Waals surface area contributed by atoms with Crippen molar-refractivity contribution in [2.75, 3.05) is 6.61 Å². The van der Waals surface area contributed by atoms with Crippen molar-refractivity contribution in [3.05, 3.63) is 41.5 Å². The van der Waals surface area contributed by atoms with Gasteiger partial charge in [0.25, 0.3) is 0 Å². The lowest BCUT2D eigenvalue weighted by molar-refractivity contribution is -0.154. The molecule has 1 aromatic carbocycles. The second-order valence-electron chi connectivity index (χ2n) is 9.53. The van der Waals surface area contributed by atoms with Gasteiger partial charge in [0.2, 0.25) is 5.91 Å². The van der Waals surface area contributed by atoms with Gasteiger partial charge in [0.15, 0.2) is 0 Å². The van der Waals surface area contributed by atoms with E-state index in [4.69, 9.17) is 4.74 Å². The van der Waals surface area contributed by atoms with E-state index in [9.17, 15) is 14.7 Å². The number of hydrogen-bond acceptors (Lipinski definition) is 4. The highest BCUT2D eigenvalue weighted by molar-refractivity contribution is 5.88. The van der Waals surface area contributed by atoms with E-state index in [-0.39, 0.29) is 34.6 Å². The highest BCUT2D eigenvalue weighted by Gasteiger charge is 2.47. The van der Waals surface area contributed by atoms with Crippen molar-refractivity contribution in [1.82, 2.24) is 4.90 Å². The number of likely N-dealkylation sites (tertiary alicyclic amines) is 1. The van der Waals surface area contributed by atoms with Crippen LogP contribution in [0.2, 0.25) is 0 Å². The first-order chi connectivity index (χ1) is 13.4. The number of amides is 1. The van der Waals surface area contributed by atoms with Crippen LogP contribution in [0, 0.1) is 19.8 Å². The first-order valence-electron chi connectivity index (χ1n) is 10.3. The van der Waals surface area contributed by atoms with E-state index in [1.54, 1.807) is 6.07 Å². The van der Waals surface area contributed by atoms with Gasteiger partial charge in [0, 0.05) is 17.5 Å². The third kappa shape index (κ3) is 5.40. The molecule has 1 aliphatic heterocycles. The summed E-state index contributed by atoms with van der Waals surface area (Å²) >= 11 is 0. The minimum Gasteiger partial charge on any atom is -0.508 e. The number of aromatic hydroxyl groups is 1. The third-order valence-corrected chi connectivity index (χ3v) is 5.92. The largest absolute Gasteiger partial charge is 0.508 e. The van der Waals surface area contributed by atoms with Gasteiger partial charge in [-0.05, 0) is 95.6 Å². The average molecular weight is 402 g/mol. The molecule has 0 aliphatic carbocycles. The zero-order valence-corrected chi connectivity index (χ0v) is 18.7. The number of hydrogen-bond donors (Lipinski definition) is 1. The number of aryl methyl sites for hydroxylation is 3. The van der Waals surface area contributed by atoms with Crippen LogP contribution in [0.15, 0.2) is 24.8 Å². The number of ether oxygens (including phenoxy) is 1. The highest BCUT2D eigenvalue weighted by Crippen LogP contribution is 2.41. The molecule has 0 bridgehead atoms. The van der Waals surface area contributed by atoms with Crippen molar-refractivity contribution in [2.45, 2.75) is 78.3 Å². The molecule has 0 atom stereocenters. The van der Waals surface area contributed by atoms with Crippen LogP contribution >= 0.6 is 0 Å². The first-order valence-corrected chi connectivity index (χ1v) is 10.3. The Balaban J connectivity index is 1.93. The number of phenols is 1. The number of piperidine rings is 1. The minimum absolute atomic E-state index is 0.0602. The molecule has 2 rings (SSSR count). The normalized spacial score (nSPS) is 18.3. The molecular weight excluding hydrogens is 366 g/mol. The van der Waals surface area contributed by atoms with Crippen LogP contribution in [0.3, 0.4) is 0 Å². The molecule has 29 heavy (non-hydrogen) atoms. The zero-order valence-electron chi connectivity index (χ0n) is 18.7. The molecule has 1 N–H and O–H groups in total. The summed E-state index contributed by atoms with van der Waals surface area (Å²) in [6, 6.07) is 3.66. The van der Waals surface area contributed by atoms with Crippen molar-refractivity contribution in [3.8, 4) is 5.75 Å². The van der Waals surface area contributed by atoms with Gasteiger partial charge in [-0.1, -0.05) is 12.6 Å². The third-order valence-electron chi connectivity index (χ3n) is 5.92. The lowest BCUT2D eigenvalue weighted by Gasteiger charge is -2.55. The van der Waals surface area contributed by atoms with E-state index < -0.39 is 0 Å². The molecule has 0 unspecified atom stereocenters. The van der Waals surface area contributed by atoms with Gasteiger partial charge in [-0.3, -0.25) is 9.59 Å². The van der Waals surface area contributed by atoms with E-state index in [0.29, 0.717) is 19.4 Å². The predicted molar refractivity (Wildman–Crippen MR) is 115 cm³/mol. The van der Waals surface area contributed by atoms with Crippen molar-refractivity contribution in [2.24, 2.45) is 5.92 Å². The number of esters is 1. The van der Waals surface area contributed by atoms with Crippen LogP contribution in [0.5, 0.6) is 5.75 Å². The summed E-state index contributed by atoms with van der Waals surface area (Å²) in [4.78, 5) is 26.6. The Morgan fingerprint density at radius 1 is 1.17 bits per heavy atom. The van der Waals surface area contributed by atoms with Gasteiger partial charge in [0.1, 0.15) is 5.75 Å². The second kappa shape index (κ2) is 8.60. The van der Waals surface area contributed by atoms with Crippen molar-refractivity contribution in [3.63, 3.8) is 0 Å². The Morgan fingerprint density at radius 2 is 1.76 bits per heavy atom. The smallest absolute Gasteiger partial charge is 0.306 e. The molecule has 0 radical (unpaired) electrons. The van der Waals surface area contributed by atoms with Crippen molar-refractivity contribution in [1.29, 1.82) is 0 Å². The Kier molecular flexibility index (Phi) is 6.82. The summed E-state index contributed by atoms with van der Waals surface area (Å²) in [5, 5.41) is 9.76. The average Bonchev–Trinajstić information content (AvgIpc) is 2.59. The maximum Gasteiger partial charge on any atom is 0.306 e. The standard InChI is InChI=1S/C24H35NO4/c1-8-21(27)25-23(4,5)13-18(14-24(25,6)7)15-29-22(28)10-9-19-11-17(3)20(26)12-16(19)2/h8,11-12,18,26H,1,9-10,13-15H2,2-7H3. The van der Waals surface area contributed by atoms with Gasteiger partial charge in [-0.15, -0.1) is 0 Å². The van der Waals surface area contributed by atoms with Crippen molar-refractivity contribution < 1.29 is 19.4 Å². The minimum atomic E-state index is -0.329. The Labute approximate surface area is 174 Å². The molecule has 1 heterocycles. The molecule has 1 amide bonds. The lowest BCUT2D eigenvalue weighted by atomic mass is 9.74. The fraction of sp³-hybridized carbons (Fsp3) is 0.583. The topological polar surface area (TPSA) is 66.8 Å². The molecule has 0 saturated carbocycles. The second-order valence-corrected chi connectivity index (χ2v) is 9.53. The van der Waals surface area contributed by atoms with E-state index >= 15 is 0 Å². The summed E-state index contributed by atoms with van der Waals surface area (Å²) in [5.41, 5.74) is 2.18. The summed E-state index contributed by atoms with van der Waals surface area (Å²) < 4.78 is 5.59. The number of benzene rings is 1. The van der Waals surface area contributed by atoms with Crippen LogP contribution in [0.25, 0.3) is 0 Å². The number of carbonyl (C=O) groups is 2. The number of carbonyl (C=O) groups excluding carboxylic acids is 2. The highest BCUT2D eigenvalue weighted by atomic mass is 16.5. The molecule has 1 saturated heterocycles. The predicted octanol–water partition coefficient (Wildman–Crippen LogP) is 4.47. The Bertz CT molecular complexity index is 776. The molecule has 160 valence electrons. The van der Waals surface area contributed by atoms with Crippen LogP contribution in [-0.4, -0.2) is 39.6 Å². The Morgan fingerprint density at radius 3 is 2.31 bits per heavy atom. The van der Waals surface area contributed by atoms with Gasteiger partial charge in [-0.25, -0.2) is 0 Å². The van der Waals surface area contributed by atoms with E-state index in [0.717, 1.165) is 29.5 Å². The fourth-order valence-electron chi connectivity index (χ4n) is 4.94. The summed E-state index contributed by atoms with van der Waals surface area (Å²) in [5.74, 6) is 0.209. The zero-order chi connectivity index (χ0) is 22.0. The maximum absolute atomic E-state index is 12.4. The van der Waals surface area contributed by atoms with Gasteiger partial charge < -0.3 is 14.7 Å². The molecule has 5 nitrogen and oxygen atoms in total. The first kappa shape index (κ1) is 23.0. The fourth-order valence-corrected chi connectivity index (χ4v) is 4.94. The Hall–Kier alpha value is -2.30. The van der Waals surface area contributed by atoms with E-state index in [2.05, 4.69) is 34.3 Å². The van der Waals surface area contributed by atoms with Crippen LogP contribution in [-0.2, 0) is 20.7 Å². The molecule has 1 fully saturated rings. The van der Waals surface area contributed by atoms with Gasteiger partial charge in [-0.2, -0.15) is 0 Å². The summed E-state index contributed by atoms with van der Waals surface area (Å²) in [6.07, 6.45) is 3.83. The molecular formula is C24H35NO4. The lowest BCUT2D eigenvalue weighted by Crippen LogP contribution is -2.62. The van der Waals surface area contributed by atoms with Gasteiger partial charge in [0.05, 0.1) is 6.61 Å². The monoisotopic (exact) mass is 401 g/mol. The van der Waals surface area contributed by atoms with Crippen molar-refractivity contribution >= 4 is 11.9 Å². The van der Waals surface area contributed by atoms with Gasteiger partial charge >= 0.3 is 5.97 Å². The van der Waals surface area contributed by atoms with Crippen LogP contribution < -0.4 is 0 Å². The molecule has 0 spiro atoms. The number of phenolic OH excluding ortho intramolecular Hbond substituents is 1. The SMILES string of the molecule is C=CC(=O)N1C(C)(C)CC(COC(=O)CCc2cc(C)c(O)cc2C)CC1(C)C. The number of nitrogens with zero attached hydrogens (tertiary/aromatic N) is 1. The summed E-state index contributed by atoms with van der Waals surface area (Å²) in [7, 11) is 0. The molecule has 1 aromatic rings. The van der Waals surface area contributed by atoms with E-state index in [1.807, 2.05) is 24.8 Å². The molecule has 1 aliphatic rings. The van der Waals surface area contributed by atoms with E-state index in [1.165, 1.54) is 6.08 Å². The summed E-state index contributed by atoms with van der Waals surface area (Å²) in [6.45, 7) is 16.0. The molecule has 5 heteroatoms. The van der Waals surface area contributed by atoms with Crippen LogP contribution in [0.1, 0.15) is 63.6 Å². The number of rotatable bonds is 6. The quantitative estimate of drug-likeness (QED) is 0.564. The van der Waals surface area contributed by atoms with Crippen LogP contribution in [0.4, 0.5) is 0 Å². The molecule has 0 aromatic heterocycles.